The number of rotatable bonds is 4. The lowest BCUT2D eigenvalue weighted by Crippen LogP contribution is -2.33. The second kappa shape index (κ2) is 5.43. The van der Waals surface area contributed by atoms with Crippen molar-refractivity contribution in [3.8, 4) is 0 Å². The van der Waals surface area contributed by atoms with Crippen LogP contribution in [0.4, 0.5) is 0 Å². The summed E-state index contributed by atoms with van der Waals surface area (Å²) < 4.78 is 2.01. The minimum absolute atomic E-state index is 0.0278. The molecule has 0 aliphatic rings. The number of carbonyl (C=O) groups is 1. The molecule has 0 aliphatic heterocycles. The first-order chi connectivity index (χ1) is 8.99. The minimum atomic E-state index is 0.0278. The van der Waals surface area contributed by atoms with Crippen molar-refractivity contribution in [1.29, 1.82) is 0 Å². The second-order valence-electron chi connectivity index (χ2n) is 5.42. The Morgan fingerprint density at radius 3 is 2.58 bits per heavy atom. The molecule has 0 unspecified atom stereocenters. The second-order valence-corrected chi connectivity index (χ2v) is 5.42. The predicted octanol–water partition coefficient (Wildman–Crippen LogP) is 2.68. The quantitative estimate of drug-likeness (QED) is 0.917. The third-order valence-corrected chi connectivity index (χ3v) is 2.95. The Bertz CT molecular complexity index is 584. The molecule has 1 N–H and O–H groups in total. The van der Waals surface area contributed by atoms with Crippen molar-refractivity contribution < 1.29 is 4.79 Å². The Balaban J connectivity index is 2.39. The summed E-state index contributed by atoms with van der Waals surface area (Å²) in [5.41, 5.74) is 1.97. The Labute approximate surface area is 113 Å². The minimum Gasteiger partial charge on any atom is -0.352 e. The molecule has 0 atom stereocenters. The molecule has 19 heavy (non-hydrogen) atoms. The van der Waals surface area contributed by atoms with E-state index in [1.807, 2.05) is 42.7 Å². The first-order valence-electron chi connectivity index (χ1n) is 6.73. The maximum absolute atomic E-state index is 12.0. The number of imidazole rings is 1. The molecule has 1 amide bonds. The summed E-state index contributed by atoms with van der Waals surface area (Å²) in [7, 11) is 0. The average molecular weight is 259 g/mol. The van der Waals surface area contributed by atoms with Crippen molar-refractivity contribution in [2.75, 3.05) is 0 Å². The van der Waals surface area contributed by atoms with Gasteiger partial charge in [-0.3, -0.25) is 4.79 Å². The Morgan fingerprint density at radius 2 is 1.95 bits per heavy atom. The molecule has 2 rings (SSSR count). The van der Waals surface area contributed by atoms with Gasteiger partial charge in [-0.05, 0) is 26.0 Å². The van der Waals surface area contributed by atoms with E-state index in [1.54, 1.807) is 0 Å². The van der Waals surface area contributed by atoms with Gasteiger partial charge in [0.2, 0.25) is 5.91 Å². The number of benzene rings is 1. The van der Waals surface area contributed by atoms with Crippen molar-refractivity contribution in [1.82, 2.24) is 14.9 Å². The van der Waals surface area contributed by atoms with Crippen molar-refractivity contribution in [2.45, 2.75) is 46.2 Å². The van der Waals surface area contributed by atoms with E-state index in [0.717, 1.165) is 16.9 Å². The van der Waals surface area contributed by atoms with Gasteiger partial charge in [0.05, 0.1) is 11.0 Å². The number of nitrogens with zero attached hydrogens (tertiary/aromatic N) is 2. The monoisotopic (exact) mass is 259 g/mol. The van der Waals surface area contributed by atoms with E-state index >= 15 is 0 Å². The number of hydrogen-bond acceptors (Lipinski definition) is 2. The summed E-state index contributed by atoms with van der Waals surface area (Å²) in [6.45, 7) is 8.45. The molecule has 4 heteroatoms. The first-order valence-corrected chi connectivity index (χ1v) is 6.73. The zero-order valence-corrected chi connectivity index (χ0v) is 12.0. The number of aromatic nitrogens is 2. The predicted molar refractivity (Wildman–Crippen MR) is 77.1 cm³/mol. The summed E-state index contributed by atoms with van der Waals surface area (Å²) in [5.74, 6) is 1.28. The molecule has 0 radical (unpaired) electrons. The highest BCUT2D eigenvalue weighted by atomic mass is 16.2. The summed E-state index contributed by atoms with van der Waals surface area (Å²) in [4.78, 5) is 16.6. The molecule has 0 bridgehead atoms. The third-order valence-electron chi connectivity index (χ3n) is 2.95. The summed E-state index contributed by atoms with van der Waals surface area (Å²) in [6, 6.07) is 8.10. The molecule has 1 aromatic carbocycles. The molecule has 0 fully saturated rings. The summed E-state index contributed by atoms with van der Waals surface area (Å²) >= 11 is 0. The van der Waals surface area contributed by atoms with Gasteiger partial charge in [0.15, 0.2) is 0 Å². The highest BCUT2D eigenvalue weighted by molar-refractivity contribution is 5.81. The van der Waals surface area contributed by atoms with Gasteiger partial charge in [-0.1, -0.05) is 26.0 Å². The van der Waals surface area contributed by atoms with E-state index in [2.05, 4.69) is 24.1 Å². The fourth-order valence-corrected chi connectivity index (χ4v) is 2.21. The lowest BCUT2D eigenvalue weighted by Gasteiger charge is -2.13. The third kappa shape index (κ3) is 2.95. The highest BCUT2D eigenvalue weighted by Crippen LogP contribution is 2.21. The van der Waals surface area contributed by atoms with Crippen LogP contribution in [0.15, 0.2) is 24.3 Å². The molecule has 0 spiro atoms. The van der Waals surface area contributed by atoms with Crippen LogP contribution in [0.3, 0.4) is 0 Å². The fraction of sp³-hybridized carbons (Fsp3) is 0.467. The highest BCUT2D eigenvalue weighted by Gasteiger charge is 2.15. The van der Waals surface area contributed by atoms with E-state index < -0.39 is 0 Å². The van der Waals surface area contributed by atoms with Crippen LogP contribution in [0.5, 0.6) is 0 Å². The summed E-state index contributed by atoms with van der Waals surface area (Å²) in [5, 5.41) is 2.92. The van der Waals surface area contributed by atoms with E-state index in [0.29, 0.717) is 12.5 Å². The number of amides is 1. The van der Waals surface area contributed by atoms with Crippen LogP contribution in [0.25, 0.3) is 11.0 Å². The molecule has 4 nitrogen and oxygen atoms in total. The van der Waals surface area contributed by atoms with Gasteiger partial charge in [0.1, 0.15) is 12.4 Å². The van der Waals surface area contributed by atoms with Gasteiger partial charge in [0.25, 0.3) is 0 Å². The van der Waals surface area contributed by atoms with Crippen LogP contribution in [-0.4, -0.2) is 21.5 Å². The van der Waals surface area contributed by atoms with Crippen LogP contribution in [0, 0.1) is 0 Å². The molecule has 1 aromatic heterocycles. The van der Waals surface area contributed by atoms with Crippen LogP contribution in [0.2, 0.25) is 0 Å². The SMILES string of the molecule is CC(C)NC(=O)Cn1c(C(C)C)nc2ccccc21. The van der Waals surface area contributed by atoms with E-state index in [9.17, 15) is 4.79 Å². The number of carbonyl (C=O) groups excluding carboxylic acids is 1. The van der Waals surface area contributed by atoms with Gasteiger partial charge in [-0.2, -0.15) is 0 Å². The van der Waals surface area contributed by atoms with E-state index in [1.165, 1.54) is 0 Å². The largest absolute Gasteiger partial charge is 0.352 e. The van der Waals surface area contributed by atoms with Gasteiger partial charge in [-0.15, -0.1) is 0 Å². The smallest absolute Gasteiger partial charge is 0.240 e. The Kier molecular flexibility index (Phi) is 3.88. The summed E-state index contributed by atoms with van der Waals surface area (Å²) in [6.07, 6.45) is 0. The van der Waals surface area contributed by atoms with Crippen LogP contribution in [0.1, 0.15) is 39.4 Å². The van der Waals surface area contributed by atoms with Crippen molar-refractivity contribution >= 4 is 16.9 Å². The van der Waals surface area contributed by atoms with Crippen molar-refractivity contribution in [3.63, 3.8) is 0 Å². The lowest BCUT2D eigenvalue weighted by molar-refractivity contribution is -0.122. The molecule has 0 saturated heterocycles. The van der Waals surface area contributed by atoms with E-state index in [-0.39, 0.29) is 11.9 Å². The van der Waals surface area contributed by atoms with Crippen LogP contribution in [-0.2, 0) is 11.3 Å². The average Bonchev–Trinajstić information content (AvgIpc) is 2.67. The standard InChI is InChI=1S/C15H21N3O/c1-10(2)15-17-12-7-5-6-8-13(12)18(15)9-14(19)16-11(3)4/h5-8,10-11H,9H2,1-4H3,(H,16,19). The van der Waals surface area contributed by atoms with Gasteiger partial charge < -0.3 is 9.88 Å². The maximum Gasteiger partial charge on any atom is 0.240 e. The van der Waals surface area contributed by atoms with Crippen molar-refractivity contribution in [2.24, 2.45) is 0 Å². The van der Waals surface area contributed by atoms with E-state index in [4.69, 9.17) is 0 Å². The number of hydrogen-bond donors (Lipinski definition) is 1. The number of para-hydroxylation sites is 2. The normalized spacial score (nSPS) is 11.5. The Hall–Kier alpha value is -1.84. The van der Waals surface area contributed by atoms with Crippen LogP contribution >= 0.6 is 0 Å². The molecule has 102 valence electrons. The van der Waals surface area contributed by atoms with Gasteiger partial charge in [-0.25, -0.2) is 4.98 Å². The molecular formula is C15H21N3O. The topological polar surface area (TPSA) is 46.9 Å². The lowest BCUT2D eigenvalue weighted by atomic mass is 10.2. The maximum atomic E-state index is 12.0. The molecule has 0 saturated carbocycles. The number of nitrogens with one attached hydrogen (secondary N) is 1. The van der Waals surface area contributed by atoms with Gasteiger partial charge >= 0.3 is 0 Å². The van der Waals surface area contributed by atoms with Crippen molar-refractivity contribution in [3.05, 3.63) is 30.1 Å². The molecule has 1 heterocycles. The molecule has 2 aromatic rings. The zero-order valence-electron chi connectivity index (χ0n) is 12.0. The molecular weight excluding hydrogens is 238 g/mol. The van der Waals surface area contributed by atoms with Gasteiger partial charge in [0, 0.05) is 12.0 Å². The van der Waals surface area contributed by atoms with Crippen LogP contribution < -0.4 is 5.32 Å². The first kappa shape index (κ1) is 13.6. The number of fused-ring (bicyclic) bond motifs is 1. The zero-order chi connectivity index (χ0) is 14.0. The fourth-order valence-electron chi connectivity index (χ4n) is 2.21. The Morgan fingerprint density at radius 1 is 1.26 bits per heavy atom. The molecule has 0 aliphatic carbocycles.